The molecule has 0 aliphatic carbocycles. The van der Waals surface area contributed by atoms with Crippen LogP contribution in [0, 0.1) is 13.8 Å². The zero-order valence-corrected chi connectivity index (χ0v) is 14.4. The van der Waals surface area contributed by atoms with Crippen molar-refractivity contribution in [3.8, 4) is 5.75 Å². The molecule has 1 aliphatic heterocycles. The van der Waals surface area contributed by atoms with E-state index in [4.69, 9.17) is 4.74 Å². The molecule has 0 aromatic heterocycles. The summed E-state index contributed by atoms with van der Waals surface area (Å²) in [6.07, 6.45) is 0.0741. The van der Waals surface area contributed by atoms with Crippen molar-refractivity contribution < 1.29 is 14.6 Å². The van der Waals surface area contributed by atoms with Crippen LogP contribution in [0.25, 0.3) is 0 Å². The van der Waals surface area contributed by atoms with Gasteiger partial charge in [0.25, 0.3) is 5.91 Å². The van der Waals surface area contributed by atoms with Gasteiger partial charge in [0.05, 0.1) is 6.61 Å². The van der Waals surface area contributed by atoms with E-state index in [9.17, 15) is 9.90 Å². The lowest BCUT2D eigenvalue weighted by Gasteiger charge is -2.35. The molecular formula is C18H28N2O3. The molecule has 1 amide bonds. The minimum atomic E-state index is -0.895. The summed E-state index contributed by atoms with van der Waals surface area (Å²) in [6, 6.07) is 6.18. The second-order valence-corrected chi connectivity index (χ2v) is 6.29. The zero-order chi connectivity index (χ0) is 16.8. The van der Waals surface area contributed by atoms with Crippen LogP contribution in [0.1, 0.15) is 24.5 Å². The van der Waals surface area contributed by atoms with E-state index in [0.29, 0.717) is 19.7 Å². The van der Waals surface area contributed by atoms with Gasteiger partial charge in [-0.25, -0.2) is 0 Å². The van der Waals surface area contributed by atoms with Gasteiger partial charge in [-0.15, -0.1) is 0 Å². The second-order valence-electron chi connectivity index (χ2n) is 6.29. The molecule has 1 N–H and O–H groups in total. The molecule has 0 radical (unpaired) electrons. The number of aliphatic hydroxyl groups is 1. The van der Waals surface area contributed by atoms with E-state index < -0.39 is 6.10 Å². The van der Waals surface area contributed by atoms with Crippen molar-refractivity contribution in [3.05, 3.63) is 29.3 Å². The van der Waals surface area contributed by atoms with Crippen LogP contribution >= 0.6 is 0 Å². The standard InChI is InChI=1S/C18H28N2O3/c1-14-5-6-17(13-15(14)2)23-12-4-7-19-8-10-20(11-9-19)18(22)16(3)21/h5-6,13,16,21H,4,7-12H2,1-3H3. The van der Waals surface area contributed by atoms with Crippen molar-refractivity contribution in [2.45, 2.75) is 33.3 Å². The fraction of sp³-hybridized carbons (Fsp3) is 0.611. The van der Waals surface area contributed by atoms with Crippen LogP contribution < -0.4 is 4.74 Å². The van der Waals surface area contributed by atoms with Crippen molar-refractivity contribution in [1.82, 2.24) is 9.80 Å². The summed E-state index contributed by atoms with van der Waals surface area (Å²) in [5, 5.41) is 9.34. The Balaban J connectivity index is 1.64. The number of piperazine rings is 1. The fourth-order valence-corrected chi connectivity index (χ4v) is 2.74. The SMILES string of the molecule is Cc1ccc(OCCCN2CCN(C(=O)C(C)O)CC2)cc1C. The number of rotatable bonds is 6. The first kappa shape index (κ1) is 17.8. The van der Waals surface area contributed by atoms with E-state index in [-0.39, 0.29) is 5.91 Å². The van der Waals surface area contributed by atoms with Gasteiger partial charge in [-0.1, -0.05) is 6.07 Å². The molecule has 2 rings (SSSR count). The monoisotopic (exact) mass is 320 g/mol. The number of ether oxygens (including phenoxy) is 1. The first-order valence-corrected chi connectivity index (χ1v) is 8.36. The van der Waals surface area contributed by atoms with Gasteiger partial charge in [-0.3, -0.25) is 9.69 Å². The highest BCUT2D eigenvalue weighted by Crippen LogP contribution is 2.16. The maximum absolute atomic E-state index is 11.7. The van der Waals surface area contributed by atoms with Gasteiger partial charge in [0.2, 0.25) is 0 Å². The van der Waals surface area contributed by atoms with E-state index in [2.05, 4.69) is 30.9 Å². The normalized spacial score (nSPS) is 17.1. The van der Waals surface area contributed by atoms with E-state index in [1.54, 1.807) is 4.90 Å². The molecule has 1 aliphatic rings. The van der Waals surface area contributed by atoms with Gasteiger partial charge in [0.1, 0.15) is 11.9 Å². The molecule has 0 spiro atoms. The molecule has 5 nitrogen and oxygen atoms in total. The molecule has 128 valence electrons. The summed E-state index contributed by atoms with van der Waals surface area (Å²) < 4.78 is 5.80. The van der Waals surface area contributed by atoms with E-state index in [1.165, 1.54) is 18.1 Å². The average molecular weight is 320 g/mol. The van der Waals surface area contributed by atoms with Crippen molar-refractivity contribution >= 4 is 5.91 Å². The third-order valence-corrected chi connectivity index (χ3v) is 4.41. The Labute approximate surface area is 138 Å². The number of amides is 1. The van der Waals surface area contributed by atoms with Crippen LogP contribution in [0.15, 0.2) is 18.2 Å². The van der Waals surface area contributed by atoms with Crippen LogP contribution in [0.5, 0.6) is 5.75 Å². The average Bonchev–Trinajstić information content (AvgIpc) is 2.54. The lowest BCUT2D eigenvalue weighted by atomic mass is 10.1. The van der Waals surface area contributed by atoms with E-state index in [1.807, 2.05) is 6.07 Å². The smallest absolute Gasteiger partial charge is 0.251 e. The van der Waals surface area contributed by atoms with Gasteiger partial charge in [0, 0.05) is 32.7 Å². The van der Waals surface area contributed by atoms with Gasteiger partial charge >= 0.3 is 0 Å². The Hall–Kier alpha value is -1.59. The Morgan fingerprint density at radius 3 is 2.52 bits per heavy atom. The van der Waals surface area contributed by atoms with Crippen molar-refractivity contribution in [2.75, 3.05) is 39.3 Å². The minimum Gasteiger partial charge on any atom is -0.494 e. The molecule has 0 saturated carbocycles. The van der Waals surface area contributed by atoms with E-state index in [0.717, 1.165) is 31.8 Å². The highest BCUT2D eigenvalue weighted by molar-refractivity contribution is 5.80. The summed E-state index contributed by atoms with van der Waals surface area (Å²) in [5.41, 5.74) is 2.53. The molecule has 23 heavy (non-hydrogen) atoms. The quantitative estimate of drug-likeness (QED) is 0.809. The first-order valence-electron chi connectivity index (χ1n) is 8.36. The number of hydrogen-bond acceptors (Lipinski definition) is 4. The Morgan fingerprint density at radius 1 is 1.22 bits per heavy atom. The highest BCUT2D eigenvalue weighted by Gasteiger charge is 2.23. The number of carbonyl (C=O) groups is 1. The summed E-state index contributed by atoms with van der Waals surface area (Å²) in [6.45, 7) is 10.5. The van der Waals surface area contributed by atoms with Gasteiger partial charge in [-0.05, 0) is 50.5 Å². The van der Waals surface area contributed by atoms with Crippen LogP contribution in [-0.2, 0) is 4.79 Å². The first-order chi connectivity index (χ1) is 11.0. The molecule has 5 heteroatoms. The van der Waals surface area contributed by atoms with Gasteiger partial charge in [-0.2, -0.15) is 0 Å². The summed E-state index contributed by atoms with van der Waals surface area (Å²) >= 11 is 0. The van der Waals surface area contributed by atoms with Crippen LogP contribution in [0.4, 0.5) is 0 Å². The van der Waals surface area contributed by atoms with Crippen LogP contribution in [0.3, 0.4) is 0 Å². The predicted octanol–water partition coefficient (Wildman–Crippen LogP) is 1.60. The molecule has 0 bridgehead atoms. The number of benzene rings is 1. The lowest BCUT2D eigenvalue weighted by molar-refractivity contribution is -0.141. The van der Waals surface area contributed by atoms with Gasteiger partial charge in [0.15, 0.2) is 0 Å². The van der Waals surface area contributed by atoms with Crippen molar-refractivity contribution in [1.29, 1.82) is 0 Å². The van der Waals surface area contributed by atoms with Gasteiger partial charge < -0.3 is 14.7 Å². The Bertz CT molecular complexity index is 523. The summed E-state index contributed by atoms with van der Waals surface area (Å²) in [4.78, 5) is 15.8. The number of nitrogens with zero attached hydrogens (tertiary/aromatic N) is 2. The maximum atomic E-state index is 11.7. The van der Waals surface area contributed by atoms with Crippen molar-refractivity contribution in [3.63, 3.8) is 0 Å². The predicted molar refractivity (Wildman–Crippen MR) is 90.7 cm³/mol. The van der Waals surface area contributed by atoms with Crippen molar-refractivity contribution in [2.24, 2.45) is 0 Å². The maximum Gasteiger partial charge on any atom is 0.251 e. The molecule has 1 aromatic carbocycles. The topological polar surface area (TPSA) is 53.0 Å². The van der Waals surface area contributed by atoms with Crippen LogP contribution in [0.2, 0.25) is 0 Å². The summed E-state index contributed by atoms with van der Waals surface area (Å²) in [5.74, 6) is 0.767. The highest BCUT2D eigenvalue weighted by atomic mass is 16.5. The second kappa shape index (κ2) is 8.31. The largest absolute Gasteiger partial charge is 0.494 e. The molecule has 1 saturated heterocycles. The third-order valence-electron chi connectivity index (χ3n) is 4.41. The molecule has 1 heterocycles. The number of aliphatic hydroxyl groups excluding tert-OH is 1. The molecule has 1 atom stereocenters. The number of carbonyl (C=O) groups excluding carboxylic acids is 1. The zero-order valence-electron chi connectivity index (χ0n) is 14.4. The van der Waals surface area contributed by atoms with Crippen LogP contribution in [-0.4, -0.2) is 66.2 Å². The number of hydrogen-bond donors (Lipinski definition) is 1. The molecular weight excluding hydrogens is 292 g/mol. The lowest BCUT2D eigenvalue weighted by Crippen LogP contribution is -2.51. The molecule has 1 fully saturated rings. The Morgan fingerprint density at radius 2 is 1.91 bits per heavy atom. The fourth-order valence-electron chi connectivity index (χ4n) is 2.74. The molecule has 1 unspecified atom stereocenters. The summed E-state index contributed by atoms with van der Waals surface area (Å²) in [7, 11) is 0. The Kier molecular flexibility index (Phi) is 6.42. The number of aryl methyl sites for hydroxylation is 2. The van der Waals surface area contributed by atoms with E-state index >= 15 is 0 Å². The minimum absolute atomic E-state index is 0.164. The third kappa shape index (κ3) is 5.22. The molecule has 1 aromatic rings.